The number of amides is 2. The number of anilines is 1. The van der Waals surface area contributed by atoms with E-state index in [4.69, 9.17) is 23.2 Å². The maximum atomic E-state index is 14.4. The van der Waals surface area contributed by atoms with Crippen molar-refractivity contribution in [1.29, 1.82) is 0 Å². The molecule has 0 aromatic heterocycles. The molecule has 0 fully saturated rings. The minimum absolute atomic E-state index is 0.00788. The molecule has 10 heteroatoms. The van der Waals surface area contributed by atoms with E-state index in [0.29, 0.717) is 6.54 Å². The number of rotatable bonds is 12. The van der Waals surface area contributed by atoms with Gasteiger partial charge in [0.1, 0.15) is 12.6 Å². The lowest BCUT2D eigenvalue weighted by molar-refractivity contribution is -0.140. The van der Waals surface area contributed by atoms with E-state index in [9.17, 15) is 18.0 Å². The fourth-order valence-electron chi connectivity index (χ4n) is 4.74. The predicted octanol–water partition coefficient (Wildman–Crippen LogP) is 6.27. The van der Waals surface area contributed by atoms with Crippen LogP contribution in [0.1, 0.15) is 23.6 Å². The predicted molar refractivity (Wildman–Crippen MR) is 172 cm³/mol. The van der Waals surface area contributed by atoms with Gasteiger partial charge < -0.3 is 10.2 Å². The molecule has 4 aromatic rings. The summed E-state index contributed by atoms with van der Waals surface area (Å²) in [5.74, 6) is -0.919. The zero-order chi connectivity index (χ0) is 31.0. The van der Waals surface area contributed by atoms with Crippen LogP contribution in [0.4, 0.5) is 5.69 Å². The quantitative estimate of drug-likeness (QED) is 0.198. The zero-order valence-electron chi connectivity index (χ0n) is 23.9. The minimum atomic E-state index is -4.28. The van der Waals surface area contributed by atoms with E-state index in [0.717, 1.165) is 21.0 Å². The van der Waals surface area contributed by atoms with Crippen molar-refractivity contribution in [3.63, 3.8) is 0 Å². The smallest absolute Gasteiger partial charge is 0.264 e. The van der Waals surface area contributed by atoms with Crippen LogP contribution in [-0.4, -0.2) is 44.3 Å². The summed E-state index contributed by atoms with van der Waals surface area (Å²) in [6.07, 6.45) is 0.230. The molecule has 4 aromatic carbocycles. The summed E-state index contributed by atoms with van der Waals surface area (Å²) in [5, 5.41) is 2.99. The van der Waals surface area contributed by atoms with Crippen LogP contribution in [0.2, 0.25) is 10.0 Å². The molecule has 224 valence electrons. The highest BCUT2D eigenvalue weighted by Gasteiger charge is 2.35. The van der Waals surface area contributed by atoms with E-state index in [-0.39, 0.29) is 39.5 Å². The minimum Gasteiger partial charge on any atom is -0.355 e. The van der Waals surface area contributed by atoms with Crippen molar-refractivity contribution in [3.8, 4) is 0 Å². The first-order valence-corrected chi connectivity index (χ1v) is 16.0. The third-order valence-corrected chi connectivity index (χ3v) is 9.62. The molecule has 2 amide bonds. The summed E-state index contributed by atoms with van der Waals surface area (Å²) >= 11 is 12.8. The Hall–Kier alpha value is -3.85. The summed E-state index contributed by atoms with van der Waals surface area (Å²) in [7, 11) is -4.28. The number of carbonyl (C=O) groups is 2. The lowest BCUT2D eigenvalue weighted by atomic mass is 10.0. The third kappa shape index (κ3) is 7.76. The van der Waals surface area contributed by atoms with Gasteiger partial charge in [-0.3, -0.25) is 13.9 Å². The molecule has 0 aliphatic rings. The van der Waals surface area contributed by atoms with E-state index in [1.165, 1.54) is 29.2 Å². The molecule has 0 radical (unpaired) electrons. The van der Waals surface area contributed by atoms with Crippen molar-refractivity contribution < 1.29 is 18.0 Å². The first-order chi connectivity index (χ1) is 20.6. The van der Waals surface area contributed by atoms with Gasteiger partial charge in [0.25, 0.3) is 10.0 Å². The van der Waals surface area contributed by atoms with Gasteiger partial charge in [-0.25, -0.2) is 8.42 Å². The number of nitrogens with one attached hydrogen (secondary N) is 1. The molecule has 43 heavy (non-hydrogen) atoms. The van der Waals surface area contributed by atoms with Crippen molar-refractivity contribution >= 4 is 50.7 Å². The molecule has 1 atom stereocenters. The molecule has 0 spiro atoms. The van der Waals surface area contributed by atoms with Crippen LogP contribution in [0.5, 0.6) is 0 Å². The van der Waals surface area contributed by atoms with Gasteiger partial charge in [-0.15, -0.1) is 0 Å². The van der Waals surface area contributed by atoms with Crippen molar-refractivity contribution in [1.82, 2.24) is 10.2 Å². The van der Waals surface area contributed by atoms with Crippen molar-refractivity contribution in [2.45, 2.75) is 37.8 Å². The van der Waals surface area contributed by atoms with Gasteiger partial charge in [-0.2, -0.15) is 0 Å². The Morgan fingerprint density at radius 1 is 0.837 bits per heavy atom. The van der Waals surface area contributed by atoms with Crippen LogP contribution < -0.4 is 9.62 Å². The third-order valence-electron chi connectivity index (χ3n) is 7.03. The number of halogens is 2. The molecule has 0 aliphatic carbocycles. The highest BCUT2D eigenvalue weighted by atomic mass is 35.5. The second kappa shape index (κ2) is 14.6. The molecule has 0 saturated heterocycles. The standard InChI is InChI=1S/C33H33Cl2N3O4S/c1-3-36-33(40)30(21-25-14-6-4-7-15-25)37(22-26-16-11-10-13-24(26)2)31(39)23-38(29-20-12-19-28(34)32(29)35)43(41,42)27-17-8-5-9-18-27/h4-20,30H,3,21-23H2,1-2H3,(H,36,40). The topological polar surface area (TPSA) is 86.8 Å². The number of likely N-dealkylation sites (N-methyl/N-ethyl adjacent to an activating group) is 1. The van der Waals surface area contributed by atoms with Crippen molar-refractivity contribution in [2.24, 2.45) is 0 Å². The summed E-state index contributed by atoms with van der Waals surface area (Å²) in [6, 6.07) is 28.4. The number of nitrogens with zero attached hydrogens (tertiary/aromatic N) is 2. The Morgan fingerprint density at radius 3 is 2.12 bits per heavy atom. The normalized spacial score (nSPS) is 11.9. The summed E-state index contributed by atoms with van der Waals surface area (Å²) in [5.41, 5.74) is 2.67. The van der Waals surface area contributed by atoms with Gasteiger partial charge in [-0.05, 0) is 54.8 Å². The molecule has 0 heterocycles. The second-order valence-corrected chi connectivity index (χ2v) is 12.6. The first kappa shape index (κ1) is 32.1. The number of sulfonamides is 1. The molecule has 1 N–H and O–H groups in total. The molecular formula is C33H33Cl2N3O4S. The maximum absolute atomic E-state index is 14.4. The Labute approximate surface area is 263 Å². The number of benzene rings is 4. The van der Waals surface area contributed by atoms with Gasteiger partial charge in [0.15, 0.2) is 0 Å². The number of aryl methyl sites for hydroxylation is 1. The molecule has 4 rings (SSSR count). The largest absolute Gasteiger partial charge is 0.355 e. The van der Waals surface area contributed by atoms with Crippen molar-refractivity contribution in [3.05, 3.63) is 130 Å². The Balaban J connectivity index is 1.83. The Kier molecular flexibility index (Phi) is 10.9. The molecule has 1 unspecified atom stereocenters. The second-order valence-electron chi connectivity index (χ2n) is 9.95. The maximum Gasteiger partial charge on any atom is 0.264 e. The Bertz CT molecular complexity index is 1670. The average molecular weight is 639 g/mol. The number of hydrogen-bond donors (Lipinski definition) is 1. The number of hydrogen-bond acceptors (Lipinski definition) is 4. The van der Waals surface area contributed by atoms with E-state index >= 15 is 0 Å². The van der Waals surface area contributed by atoms with Crippen LogP contribution >= 0.6 is 23.2 Å². The van der Waals surface area contributed by atoms with Crippen molar-refractivity contribution in [2.75, 3.05) is 17.4 Å². The Morgan fingerprint density at radius 2 is 1.47 bits per heavy atom. The average Bonchev–Trinajstić information content (AvgIpc) is 3.01. The summed E-state index contributed by atoms with van der Waals surface area (Å²) in [6.45, 7) is 3.56. The van der Waals surface area contributed by atoms with Gasteiger partial charge in [0, 0.05) is 19.5 Å². The highest BCUT2D eigenvalue weighted by Crippen LogP contribution is 2.35. The van der Waals surface area contributed by atoms with Gasteiger partial charge >= 0.3 is 0 Å². The number of carbonyl (C=O) groups excluding carboxylic acids is 2. The van der Waals surface area contributed by atoms with Crippen LogP contribution in [0.3, 0.4) is 0 Å². The van der Waals surface area contributed by atoms with E-state index in [1.54, 1.807) is 31.2 Å². The summed E-state index contributed by atoms with van der Waals surface area (Å²) in [4.78, 5) is 29.4. The monoisotopic (exact) mass is 637 g/mol. The first-order valence-electron chi connectivity index (χ1n) is 13.8. The van der Waals surface area contributed by atoms with E-state index in [2.05, 4.69) is 5.32 Å². The lowest BCUT2D eigenvalue weighted by Gasteiger charge is -2.34. The summed E-state index contributed by atoms with van der Waals surface area (Å²) < 4.78 is 29.0. The molecule has 0 saturated carbocycles. The molecule has 0 bridgehead atoms. The van der Waals surface area contributed by atoms with Gasteiger partial charge in [0.05, 0.1) is 20.6 Å². The van der Waals surface area contributed by atoms with Crippen LogP contribution in [-0.2, 0) is 32.6 Å². The van der Waals surface area contributed by atoms with Gasteiger partial charge in [0.2, 0.25) is 11.8 Å². The van der Waals surface area contributed by atoms with E-state index in [1.807, 2.05) is 61.5 Å². The van der Waals surface area contributed by atoms with Crippen LogP contribution in [0.15, 0.2) is 108 Å². The fourth-order valence-corrected chi connectivity index (χ4v) is 6.63. The SMILES string of the molecule is CCNC(=O)C(Cc1ccccc1)N(Cc1ccccc1C)C(=O)CN(c1cccc(Cl)c1Cl)S(=O)(=O)c1ccccc1. The molecular weight excluding hydrogens is 605 g/mol. The van der Waals surface area contributed by atoms with Crippen LogP contribution in [0.25, 0.3) is 0 Å². The lowest BCUT2D eigenvalue weighted by Crippen LogP contribution is -2.53. The van der Waals surface area contributed by atoms with E-state index < -0.39 is 28.5 Å². The van der Waals surface area contributed by atoms with Crippen LogP contribution in [0, 0.1) is 6.92 Å². The zero-order valence-corrected chi connectivity index (χ0v) is 26.2. The molecule has 0 aliphatic heterocycles. The molecule has 7 nitrogen and oxygen atoms in total. The fraction of sp³-hybridized carbons (Fsp3) is 0.212. The highest BCUT2D eigenvalue weighted by molar-refractivity contribution is 7.92. The van der Waals surface area contributed by atoms with Gasteiger partial charge in [-0.1, -0.05) is 102 Å².